The molecule has 112 valence electrons. The summed E-state index contributed by atoms with van der Waals surface area (Å²) in [5.74, 6) is 1.06. The van der Waals surface area contributed by atoms with Crippen molar-refractivity contribution in [3.05, 3.63) is 28.2 Å². The standard InChI is InChI=1S/C14H16BrF3OS/c15-10-3-6-12(14(16,17)18)13(7-10)20-8-9-1-4-11(19)5-2-9/h3,6-7,9,11,19H,1-2,4-5,8H2/t9-,11+. The monoisotopic (exact) mass is 368 g/mol. The lowest BCUT2D eigenvalue weighted by molar-refractivity contribution is -0.139. The lowest BCUT2D eigenvalue weighted by atomic mass is 9.89. The van der Waals surface area contributed by atoms with Gasteiger partial charge in [0.05, 0.1) is 11.7 Å². The molecule has 0 unspecified atom stereocenters. The Hall–Kier alpha value is -0.200. The lowest BCUT2D eigenvalue weighted by Gasteiger charge is -2.25. The summed E-state index contributed by atoms with van der Waals surface area (Å²) in [6.07, 6.45) is -1.24. The number of aliphatic hydroxyl groups excluding tert-OH is 1. The average molecular weight is 369 g/mol. The van der Waals surface area contributed by atoms with Crippen molar-refractivity contribution in [3.63, 3.8) is 0 Å². The van der Waals surface area contributed by atoms with E-state index in [1.807, 2.05) is 0 Å². The third-order valence-corrected chi connectivity index (χ3v) is 5.32. The molecule has 0 heterocycles. The molecular weight excluding hydrogens is 353 g/mol. The predicted octanol–water partition coefficient (Wildman–Crippen LogP) is 5.11. The summed E-state index contributed by atoms with van der Waals surface area (Å²) >= 11 is 4.49. The van der Waals surface area contributed by atoms with Crippen LogP contribution in [-0.4, -0.2) is 17.0 Å². The predicted molar refractivity (Wildman–Crippen MR) is 77.8 cm³/mol. The molecule has 0 radical (unpaired) electrons. The van der Waals surface area contributed by atoms with Gasteiger partial charge in [-0.15, -0.1) is 11.8 Å². The zero-order chi connectivity index (χ0) is 14.8. The number of hydrogen-bond donors (Lipinski definition) is 1. The summed E-state index contributed by atoms with van der Waals surface area (Å²) in [6, 6.07) is 4.08. The van der Waals surface area contributed by atoms with E-state index in [0.29, 0.717) is 16.1 Å². The second kappa shape index (κ2) is 6.71. The second-order valence-corrected chi connectivity index (χ2v) is 7.10. The van der Waals surface area contributed by atoms with Crippen molar-refractivity contribution in [2.24, 2.45) is 5.92 Å². The van der Waals surface area contributed by atoms with Crippen molar-refractivity contribution in [1.82, 2.24) is 0 Å². The van der Waals surface area contributed by atoms with Crippen LogP contribution in [0.2, 0.25) is 0 Å². The first-order valence-corrected chi connectivity index (χ1v) is 8.31. The van der Waals surface area contributed by atoms with Gasteiger partial charge in [-0.05, 0) is 49.8 Å². The van der Waals surface area contributed by atoms with E-state index in [0.717, 1.165) is 31.7 Å². The SMILES string of the molecule is O[C@H]1CC[C@@H](CSc2cc(Br)ccc2C(F)(F)F)CC1. The van der Waals surface area contributed by atoms with Crippen LogP contribution in [0.4, 0.5) is 13.2 Å². The molecule has 1 aliphatic carbocycles. The highest BCUT2D eigenvalue weighted by atomic mass is 79.9. The molecule has 1 aliphatic rings. The largest absolute Gasteiger partial charge is 0.417 e. The Morgan fingerprint density at radius 3 is 2.45 bits per heavy atom. The van der Waals surface area contributed by atoms with Gasteiger partial charge in [0.25, 0.3) is 0 Å². The van der Waals surface area contributed by atoms with Crippen LogP contribution in [0.1, 0.15) is 31.2 Å². The maximum atomic E-state index is 12.9. The summed E-state index contributed by atoms with van der Waals surface area (Å²) in [5.41, 5.74) is -0.568. The molecule has 0 aliphatic heterocycles. The van der Waals surface area contributed by atoms with Crippen LogP contribution >= 0.6 is 27.7 Å². The minimum atomic E-state index is -4.31. The van der Waals surface area contributed by atoms with Crippen LogP contribution in [0.5, 0.6) is 0 Å². The van der Waals surface area contributed by atoms with Crippen molar-refractivity contribution < 1.29 is 18.3 Å². The van der Waals surface area contributed by atoms with Crippen molar-refractivity contribution in [2.45, 2.75) is 42.9 Å². The fourth-order valence-corrected chi connectivity index (χ4v) is 4.18. The van der Waals surface area contributed by atoms with Crippen LogP contribution in [0, 0.1) is 5.92 Å². The molecule has 0 aromatic heterocycles. The molecule has 1 saturated carbocycles. The normalized spacial score (nSPS) is 23.9. The number of hydrogen-bond acceptors (Lipinski definition) is 2. The van der Waals surface area contributed by atoms with Crippen LogP contribution in [0.3, 0.4) is 0 Å². The summed E-state index contributed by atoms with van der Waals surface area (Å²) in [6.45, 7) is 0. The van der Waals surface area contributed by atoms with Gasteiger partial charge in [-0.2, -0.15) is 13.2 Å². The van der Waals surface area contributed by atoms with Crippen LogP contribution < -0.4 is 0 Å². The smallest absolute Gasteiger partial charge is 0.393 e. The molecule has 1 nitrogen and oxygen atoms in total. The van der Waals surface area contributed by atoms with E-state index in [1.54, 1.807) is 0 Å². The first kappa shape index (κ1) is 16.2. The maximum Gasteiger partial charge on any atom is 0.417 e. The molecule has 20 heavy (non-hydrogen) atoms. The first-order chi connectivity index (χ1) is 9.36. The Bertz CT molecular complexity index is 456. The number of benzene rings is 1. The van der Waals surface area contributed by atoms with Crippen molar-refractivity contribution >= 4 is 27.7 Å². The maximum absolute atomic E-state index is 12.9. The highest BCUT2D eigenvalue weighted by molar-refractivity contribution is 9.10. The number of thioether (sulfide) groups is 1. The summed E-state index contributed by atoms with van der Waals surface area (Å²) in [7, 11) is 0. The number of alkyl halides is 3. The second-order valence-electron chi connectivity index (χ2n) is 5.12. The summed E-state index contributed by atoms with van der Waals surface area (Å²) in [4.78, 5) is 0.276. The molecule has 6 heteroatoms. The minimum Gasteiger partial charge on any atom is -0.393 e. The summed E-state index contributed by atoms with van der Waals surface area (Å²) in [5, 5.41) is 9.44. The van der Waals surface area contributed by atoms with E-state index in [4.69, 9.17) is 0 Å². The summed E-state index contributed by atoms with van der Waals surface area (Å²) < 4.78 is 39.5. The number of aliphatic hydroxyl groups is 1. The molecule has 1 aromatic carbocycles. The molecule has 1 aromatic rings. The van der Waals surface area contributed by atoms with E-state index in [9.17, 15) is 18.3 Å². The molecule has 1 fully saturated rings. The number of halogens is 4. The Kier molecular flexibility index (Phi) is 5.42. The molecule has 1 N–H and O–H groups in total. The van der Waals surface area contributed by atoms with E-state index in [2.05, 4.69) is 15.9 Å². The topological polar surface area (TPSA) is 20.2 Å². The number of rotatable bonds is 3. The van der Waals surface area contributed by atoms with Crippen molar-refractivity contribution in [3.8, 4) is 0 Å². The zero-order valence-corrected chi connectivity index (χ0v) is 13.2. The van der Waals surface area contributed by atoms with Gasteiger partial charge in [0, 0.05) is 15.1 Å². The van der Waals surface area contributed by atoms with Gasteiger partial charge < -0.3 is 5.11 Å². The Balaban J connectivity index is 2.03. The van der Waals surface area contributed by atoms with Gasteiger partial charge >= 0.3 is 6.18 Å². The third-order valence-electron chi connectivity index (χ3n) is 3.54. The van der Waals surface area contributed by atoms with Gasteiger partial charge in [-0.3, -0.25) is 0 Å². The average Bonchev–Trinajstić information content (AvgIpc) is 2.36. The van der Waals surface area contributed by atoms with Gasteiger partial charge in [0.15, 0.2) is 0 Å². The van der Waals surface area contributed by atoms with Gasteiger partial charge in [0.2, 0.25) is 0 Å². The van der Waals surface area contributed by atoms with Gasteiger partial charge in [-0.25, -0.2) is 0 Å². The highest BCUT2D eigenvalue weighted by Gasteiger charge is 2.33. The van der Waals surface area contributed by atoms with Gasteiger partial charge in [-0.1, -0.05) is 15.9 Å². The van der Waals surface area contributed by atoms with Crippen LogP contribution in [-0.2, 0) is 6.18 Å². The van der Waals surface area contributed by atoms with Crippen molar-refractivity contribution in [1.29, 1.82) is 0 Å². The molecular formula is C14H16BrF3OS. The van der Waals surface area contributed by atoms with Gasteiger partial charge in [0.1, 0.15) is 0 Å². The lowest BCUT2D eigenvalue weighted by Crippen LogP contribution is -2.19. The fourth-order valence-electron chi connectivity index (χ4n) is 2.37. The van der Waals surface area contributed by atoms with Crippen molar-refractivity contribution in [2.75, 3.05) is 5.75 Å². The Morgan fingerprint density at radius 1 is 1.20 bits per heavy atom. The molecule has 2 rings (SSSR count). The van der Waals surface area contributed by atoms with E-state index >= 15 is 0 Å². The molecule has 0 spiro atoms. The van der Waals surface area contributed by atoms with E-state index in [1.165, 1.54) is 23.9 Å². The Morgan fingerprint density at radius 2 is 1.85 bits per heavy atom. The molecule has 0 atom stereocenters. The quantitative estimate of drug-likeness (QED) is 0.747. The van der Waals surface area contributed by atoms with Crippen LogP contribution in [0.25, 0.3) is 0 Å². The van der Waals surface area contributed by atoms with Crippen LogP contribution in [0.15, 0.2) is 27.6 Å². The third kappa shape index (κ3) is 4.40. The molecule has 0 saturated heterocycles. The molecule has 0 amide bonds. The zero-order valence-electron chi connectivity index (χ0n) is 10.8. The Labute approximate surface area is 129 Å². The molecule has 0 bridgehead atoms. The first-order valence-electron chi connectivity index (χ1n) is 6.54. The van der Waals surface area contributed by atoms with E-state index in [-0.39, 0.29) is 11.0 Å². The fraction of sp³-hybridized carbons (Fsp3) is 0.571. The highest BCUT2D eigenvalue weighted by Crippen LogP contribution is 2.39. The minimum absolute atomic E-state index is 0.229. The van der Waals surface area contributed by atoms with E-state index < -0.39 is 11.7 Å².